The maximum Gasteiger partial charge on any atom is 0.407 e. The van der Waals surface area contributed by atoms with Gasteiger partial charge in [-0.15, -0.1) is 0 Å². The van der Waals surface area contributed by atoms with Crippen LogP contribution in [-0.4, -0.2) is 48.7 Å². The van der Waals surface area contributed by atoms with Crippen molar-refractivity contribution in [3.8, 4) is 0 Å². The Balaban J connectivity index is 1.38. The van der Waals surface area contributed by atoms with Crippen LogP contribution in [-0.2, 0) is 14.9 Å². The number of carbonyl (C=O) groups is 2. The summed E-state index contributed by atoms with van der Waals surface area (Å²) < 4.78 is 18.7. The molecule has 2 fully saturated rings. The van der Waals surface area contributed by atoms with Crippen LogP contribution in [0, 0.1) is 5.82 Å². The molecule has 2 amide bonds. The summed E-state index contributed by atoms with van der Waals surface area (Å²) in [4.78, 5) is 26.7. The molecule has 2 N–H and O–H groups in total. The summed E-state index contributed by atoms with van der Waals surface area (Å²) in [5, 5.41) is 5.84. The number of anilines is 1. The maximum atomic E-state index is 13.8. The Morgan fingerprint density at radius 3 is 2.89 bits per heavy atom. The minimum atomic E-state index is -0.587. The van der Waals surface area contributed by atoms with Crippen LogP contribution in [0.4, 0.5) is 14.9 Å². The fourth-order valence-electron chi connectivity index (χ4n) is 4.92. The molecule has 6 nitrogen and oxygen atoms in total. The Morgan fingerprint density at radius 1 is 1.37 bits per heavy atom. The van der Waals surface area contributed by atoms with Crippen LogP contribution in [0.1, 0.15) is 44.6 Å². The van der Waals surface area contributed by atoms with Crippen molar-refractivity contribution in [3.05, 3.63) is 29.6 Å². The SMILES string of the molecule is CCOC(=O)N[C@H]1CCN(C2CCC3(CC2)C(=O)Nc2ccc(F)cc23)C1. The van der Waals surface area contributed by atoms with Crippen LogP contribution < -0.4 is 10.6 Å². The van der Waals surface area contributed by atoms with Gasteiger partial charge in [-0.3, -0.25) is 9.69 Å². The second-order valence-electron chi connectivity index (χ2n) is 7.80. The predicted octanol–water partition coefficient (Wildman–Crippen LogP) is 2.78. The van der Waals surface area contributed by atoms with E-state index < -0.39 is 5.41 Å². The van der Waals surface area contributed by atoms with E-state index in [2.05, 4.69) is 15.5 Å². The lowest BCUT2D eigenvalue weighted by Crippen LogP contribution is -2.45. The second-order valence-corrected chi connectivity index (χ2v) is 7.80. The summed E-state index contributed by atoms with van der Waals surface area (Å²) in [5.74, 6) is -0.288. The van der Waals surface area contributed by atoms with E-state index in [1.165, 1.54) is 12.1 Å². The van der Waals surface area contributed by atoms with Gasteiger partial charge in [0.15, 0.2) is 0 Å². The Hall–Kier alpha value is -2.15. The lowest BCUT2D eigenvalue weighted by atomic mass is 9.68. The summed E-state index contributed by atoms with van der Waals surface area (Å²) in [6.45, 7) is 3.92. The third-order valence-electron chi connectivity index (χ3n) is 6.32. The van der Waals surface area contributed by atoms with E-state index in [-0.39, 0.29) is 23.9 Å². The number of carbonyl (C=O) groups excluding carboxylic acids is 2. The van der Waals surface area contributed by atoms with Gasteiger partial charge in [0.2, 0.25) is 5.91 Å². The van der Waals surface area contributed by atoms with Crippen molar-refractivity contribution in [2.24, 2.45) is 0 Å². The predicted molar refractivity (Wildman–Crippen MR) is 99.1 cm³/mol. The number of hydrogen-bond donors (Lipinski definition) is 2. The molecule has 2 heterocycles. The van der Waals surface area contributed by atoms with Crippen LogP contribution in [0.3, 0.4) is 0 Å². The van der Waals surface area contributed by atoms with Crippen molar-refractivity contribution in [3.63, 3.8) is 0 Å². The van der Waals surface area contributed by atoms with Gasteiger partial charge in [0.05, 0.1) is 12.0 Å². The molecule has 3 aliphatic rings. The molecule has 2 aliphatic heterocycles. The molecule has 27 heavy (non-hydrogen) atoms. The standard InChI is InChI=1S/C20H26FN3O3/c1-2-27-19(26)22-14-7-10-24(12-14)15-5-8-20(9-6-15)16-11-13(21)3-4-17(16)23-18(20)25/h3-4,11,14-15H,2,5-10,12H2,1H3,(H,22,26)(H,23,25)/t14-,15?,20?/m0/s1. The van der Waals surface area contributed by atoms with E-state index in [0.717, 1.165) is 56.4 Å². The van der Waals surface area contributed by atoms with Gasteiger partial charge in [0.1, 0.15) is 5.82 Å². The highest BCUT2D eigenvalue weighted by molar-refractivity contribution is 6.06. The van der Waals surface area contributed by atoms with Gasteiger partial charge in [-0.25, -0.2) is 9.18 Å². The van der Waals surface area contributed by atoms with Gasteiger partial charge in [0, 0.05) is 30.9 Å². The molecule has 146 valence electrons. The first-order valence-corrected chi connectivity index (χ1v) is 9.80. The molecular formula is C20H26FN3O3. The number of hydrogen-bond acceptors (Lipinski definition) is 4. The molecule has 1 aromatic carbocycles. The number of nitrogens with one attached hydrogen (secondary N) is 2. The van der Waals surface area contributed by atoms with Crippen LogP contribution in [0.25, 0.3) is 0 Å². The van der Waals surface area contributed by atoms with Gasteiger partial charge in [-0.2, -0.15) is 0 Å². The van der Waals surface area contributed by atoms with Crippen molar-refractivity contribution < 1.29 is 18.7 Å². The minimum Gasteiger partial charge on any atom is -0.450 e. The van der Waals surface area contributed by atoms with Crippen LogP contribution in [0.2, 0.25) is 0 Å². The van der Waals surface area contributed by atoms with E-state index in [9.17, 15) is 14.0 Å². The third-order valence-corrected chi connectivity index (χ3v) is 6.32. The molecular weight excluding hydrogens is 349 g/mol. The van der Waals surface area contributed by atoms with Crippen molar-refractivity contribution in [1.82, 2.24) is 10.2 Å². The first-order chi connectivity index (χ1) is 13.0. The number of amides is 2. The van der Waals surface area contributed by atoms with E-state index in [1.54, 1.807) is 13.0 Å². The van der Waals surface area contributed by atoms with Gasteiger partial charge in [0.25, 0.3) is 0 Å². The number of nitrogens with zero attached hydrogens (tertiary/aromatic N) is 1. The number of alkyl carbamates (subject to hydrolysis) is 1. The lowest BCUT2D eigenvalue weighted by Gasteiger charge is -2.39. The van der Waals surface area contributed by atoms with E-state index >= 15 is 0 Å². The third kappa shape index (κ3) is 3.29. The number of benzene rings is 1. The van der Waals surface area contributed by atoms with Crippen molar-refractivity contribution >= 4 is 17.7 Å². The summed E-state index contributed by atoms with van der Waals surface area (Å²) in [6, 6.07) is 5.09. The van der Waals surface area contributed by atoms with Crippen molar-refractivity contribution in [2.45, 2.75) is 56.5 Å². The molecule has 1 saturated heterocycles. The van der Waals surface area contributed by atoms with Gasteiger partial charge < -0.3 is 15.4 Å². The van der Waals surface area contributed by atoms with Gasteiger partial charge in [-0.1, -0.05) is 0 Å². The quantitative estimate of drug-likeness (QED) is 0.852. The fourth-order valence-corrected chi connectivity index (χ4v) is 4.92. The summed E-state index contributed by atoms with van der Waals surface area (Å²) >= 11 is 0. The van der Waals surface area contributed by atoms with Crippen molar-refractivity contribution in [1.29, 1.82) is 0 Å². The highest BCUT2D eigenvalue weighted by atomic mass is 19.1. The smallest absolute Gasteiger partial charge is 0.407 e. The summed E-state index contributed by atoms with van der Waals surface area (Å²) in [7, 11) is 0. The molecule has 1 aromatic rings. The molecule has 0 bridgehead atoms. The van der Waals surface area contributed by atoms with E-state index in [0.29, 0.717) is 12.6 Å². The van der Waals surface area contributed by atoms with E-state index in [4.69, 9.17) is 4.74 Å². The zero-order chi connectivity index (χ0) is 19.0. The molecule has 0 aromatic heterocycles. The molecule has 0 unspecified atom stereocenters. The molecule has 0 radical (unpaired) electrons. The molecule has 1 aliphatic carbocycles. The Bertz CT molecular complexity index is 746. The Morgan fingerprint density at radius 2 is 2.15 bits per heavy atom. The lowest BCUT2D eigenvalue weighted by molar-refractivity contribution is -0.122. The first kappa shape index (κ1) is 18.2. The van der Waals surface area contributed by atoms with Crippen molar-refractivity contribution in [2.75, 3.05) is 25.0 Å². The first-order valence-electron chi connectivity index (χ1n) is 9.80. The largest absolute Gasteiger partial charge is 0.450 e. The Kier molecular flexibility index (Phi) is 4.80. The molecule has 4 rings (SSSR count). The van der Waals surface area contributed by atoms with Gasteiger partial charge >= 0.3 is 6.09 Å². The van der Waals surface area contributed by atoms with Gasteiger partial charge in [-0.05, 0) is 62.8 Å². The molecule has 1 spiro atoms. The number of likely N-dealkylation sites (tertiary alicyclic amines) is 1. The number of fused-ring (bicyclic) bond motifs is 2. The maximum absolute atomic E-state index is 13.8. The monoisotopic (exact) mass is 375 g/mol. The second kappa shape index (κ2) is 7.11. The minimum absolute atomic E-state index is 0.00447. The molecule has 1 saturated carbocycles. The Labute approximate surface area is 158 Å². The number of rotatable bonds is 3. The summed E-state index contributed by atoms with van der Waals surface area (Å²) in [5.41, 5.74) is 0.977. The van der Waals surface area contributed by atoms with Crippen LogP contribution >= 0.6 is 0 Å². The fraction of sp³-hybridized carbons (Fsp3) is 0.600. The highest BCUT2D eigenvalue weighted by Gasteiger charge is 2.49. The zero-order valence-corrected chi connectivity index (χ0v) is 15.6. The summed E-state index contributed by atoms with van der Waals surface area (Å²) in [6.07, 6.45) is 3.81. The van der Waals surface area contributed by atoms with Crippen LogP contribution in [0.15, 0.2) is 18.2 Å². The highest BCUT2D eigenvalue weighted by Crippen LogP contribution is 2.48. The number of ether oxygens (including phenoxy) is 1. The molecule has 7 heteroatoms. The average molecular weight is 375 g/mol. The normalized spacial score (nSPS) is 30.2. The number of halogens is 1. The topological polar surface area (TPSA) is 70.7 Å². The average Bonchev–Trinajstić information content (AvgIpc) is 3.20. The molecule has 1 atom stereocenters. The zero-order valence-electron chi connectivity index (χ0n) is 15.6. The van der Waals surface area contributed by atoms with E-state index in [1.807, 2.05) is 0 Å². The van der Waals surface area contributed by atoms with Crippen LogP contribution in [0.5, 0.6) is 0 Å².